The molecule has 1 aliphatic rings. The van der Waals surface area contributed by atoms with Gasteiger partial charge in [0.2, 0.25) is 0 Å². The van der Waals surface area contributed by atoms with Gasteiger partial charge in [-0.15, -0.1) is 11.3 Å². The summed E-state index contributed by atoms with van der Waals surface area (Å²) in [4.78, 5) is 31.1. The number of hydrogen-bond acceptors (Lipinski definition) is 9. The van der Waals surface area contributed by atoms with Gasteiger partial charge in [0, 0.05) is 29.6 Å². The Morgan fingerprint density at radius 2 is 2.00 bits per heavy atom. The van der Waals surface area contributed by atoms with Gasteiger partial charge in [0.15, 0.2) is 10.8 Å². The number of nitro groups is 1. The monoisotopic (exact) mass is 508 g/mol. The topological polar surface area (TPSA) is 136 Å². The summed E-state index contributed by atoms with van der Waals surface area (Å²) in [6.45, 7) is 5.15. The van der Waals surface area contributed by atoms with Crippen molar-refractivity contribution in [1.82, 2.24) is 9.88 Å². The summed E-state index contributed by atoms with van der Waals surface area (Å²) in [6.07, 6.45) is 1.53. The zero-order chi connectivity index (χ0) is 25.8. The van der Waals surface area contributed by atoms with Crippen molar-refractivity contribution in [2.75, 3.05) is 30.0 Å². The number of carbonyl (C=O) groups excluding carboxylic acids is 1. The molecule has 0 radical (unpaired) electrons. The number of aromatic nitrogens is 1. The van der Waals surface area contributed by atoms with E-state index in [0.29, 0.717) is 53.4 Å². The summed E-state index contributed by atoms with van der Waals surface area (Å²) >= 11 is 1.27. The fourth-order valence-electron chi connectivity index (χ4n) is 3.84. The number of anilines is 3. The highest BCUT2D eigenvalue weighted by Gasteiger charge is 2.26. The minimum Gasteiger partial charge on any atom is -0.497 e. The number of amides is 1. The first-order chi connectivity index (χ1) is 17.2. The predicted octanol–water partition coefficient (Wildman–Crippen LogP) is 4.66. The van der Waals surface area contributed by atoms with Crippen LogP contribution in [0.15, 0.2) is 54.5 Å². The number of nitrogen functional groups attached to an aromatic ring is 1. The second-order valence-electron chi connectivity index (χ2n) is 8.67. The van der Waals surface area contributed by atoms with Crippen LogP contribution in [0.2, 0.25) is 0 Å². The Morgan fingerprint density at radius 3 is 2.67 bits per heavy atom. The summed E-state index contributed by atoms with van der Waals surface area (Å²) in [7, 11) is 1.54. The molecule has 3 aromatic rings. The van der Waals surface area contributed by atoms with Crippen LogP contribution in [0, 0.1) is 10.1 Å². The van der Waals surface area contributed by atoms with Crippen LogP contribution in [0.5, 0.6) is 5.75 Å². The molecular weight excluding hydrogens is 480 g/mol. The third-order valence-electron chi connectivity index (χ3n) is 5.85. The van der Waals surface area contributed by atoms with E-state index < -0.39 is 4.92 Å². The molecule has 0 aliphatic carbocycles. The van der Waals surface area contributed by atoms with Gasteiger partial charge in [-0.05, 0) is 35.7 Å². The van der Waals surface area contributed by atoms with Crippen LogP contribution in [0.1, 0.15) is 45.7 Å². The molecule has 1 aliphatic heterocycles. The second-order valence-corrected chi connectivity index (χ2v) is 9.75. The van der Waals surface area contributed by atoms with Gasteiger partial charge < -0.3 is 26.0 Å². The van der Waals surface area contributed by atoms with Crippen LogP contribution in [0.3, 0.4) is 0 Å². The Bertz CT molecular complexity index is 1300. The van der Waals surface area contributed by atoms with E-state index in [-0.39, 0.29) is 5.91 Å². The molecule has 36 heavy (non-hydrogen) atoms. The van der Waals surface area contributed by atoms with Crippen LogP contribution in [-0.4, -0.2) is 34.4 Å². The standard InChI is InChI=1S/C25H28N6O4S/c1-15(2)16-4-6-17(7-5-16)27-23(14-31(33)34)30-11-10-20-22(13-30)36-25(29-20)24(32)28-21-12-18(35-3)8-9-19(21)26/h4-9,12,14-15,27H,10-11,13,26H2,1-3H3,(H,28,32). The molecule has 4 rings (SSSR count). The minimum atomic E-state index is -0.468. The van der Waals surface area contributed by atoms with Crippen molar-refractivity contribution in [1.29, 1.82) is 0 Å². The van der Waals surface area contributed by atoms with Crippen molar-refractivity contribution in [2.45, 2.75) is 32.7 Å². The summed E-state index contributed by atoms with van der Waals surface area (Å²) in [5, 5.41) is 17.6. The summed E-state index contributed by atoms with van der Waals surface area (Å²) in [5.74, 6) is 0.980. The van der Waals surface area contributed by atoms with Gasteiger partial charge in [-0.2, -0.15) is 0 Å². The molecule has 0 saturated heterocycles. The van der Waals surface area contributed by atoms with Gasteiger partial charge in [0.1, 0.15) is 5.75 Å². The highest BCUT2D eigenvalue weighted by atomic mass is 32.1. The first-order valence-electron chi connectivity index (χ1n) is 11.4. The van der Waals surface area contributed by atoms with Crippen LogP contribution >= 0.6 is 11.3 Å². The lowest BCUT2D eigenvalue weighted by atomic mass is 10.0. The maximum Gasteiger partial charge on any atom is 0.284 e. The molecule has 2 aromatic carbocycles. The zero-order valence-corrected chi connectivity index (χ0v) is 21.1. The van der Waals surface area contributed by atoms with Gasteiger partial charge >= 0.3 is 0 Å². The number of benzene rings is 2. The van der Waals surface area contributed by atoms with E-state index in [1.54, 1.807) is 18.2 Å². The lowest BCUT2D eigenvalue weighted by Crippen LogP contribution is -2.33. The first kappa shape index (κ1) is 25.0. The molecule has 0 unspecified atom stereocenters. The van der Waals surface area contributed by atoms with E-state index in [1.165, 1.54) is 24.0 Å². The van der Waals surface area contributed by atoms with Crippen molar-refractivity contribution < 1.29 is 14.5 Å². The quantitative estimate of drug-likeness (QED) is 0.227. The third-order valence-corrected chi connectivity index (χ3v) is 6.93. The number of ether oxygens (including phenoxy) is 1. The molecule has 10 nitrogen and oxygen atoms in total. The Kier molecular flexibility index (Phi) is 7.39. The molecule has 11 heteroatoms. The highest BCUT2D eigenvalue weighted by molar-refractivity contribution is 7.13. The lowest BCUT2D eigenvalue weighted by molar-refractivity contribution is -0.404. The number of rotatable bonds is 8. The molecule has 0 saturated carbocycles. The molecule has 188 valence electrons. The maximum atomic E-state index is 12.9. The molecule has 0 atom stereocenters. The highest BCUT2D eigenvalue weighted by Crippen LogP contribution is 2.30. The minimum absolute atomic E-state index is 0.307. The Hall–Kier alpha value is -4.12. The second kappa shape index (κ2) is 10.6. The molecule has 0 bridgehead atoms. The average molecular weight is 509 g/mol. The molecule has 4 N–H and O–H groups in total. The number of carbonyl (C=O) groups is 1. The molecule has 1 amide bonds. The fraction of sp³-hybridized carbons (Fsp3) is 0.280. The Balaban J connectivity index is 1.50. The van der Waals surface area contributed by atoms with E-state index >= 15 is 0 Å². The predicted molar refractivity (Wildman–Crippen MR) is 141 cm³/mol. The number of thiazole rings is 1. The number of fused-ring (bicyclic) bond motifs is 1. The summed E-state index contributed by atoms with van der Waals surface area (Å²) in [6, 6.07) is 12.9. The largest absolute Gasteiger partial charge is 0.497 e. The summed E-state index contributed by atoms with van der Waals surface area (Å²) in [5.41, 5.74) is 9.61. The van der Waals surface area contributed by atoms with E-state index in [4.69, 9.17) is 10.5 Å². The summed E-state index contributed by atoms with van der Waals surface area (Å²) < 4.78 is 5.20. The van der Waals surface area contributed by atoms with E-state index in [9.17, 15) is 14.9 Å². The van der Waals surface area contributed by atoms with E-state index in [2.05, 4.69) is 29.5 Å². The van der Waals surface area contributed by atoms with Crippen LogP contribution in [-0.2, 0) is 13.0 Å². The smallest absolute Gasteiger partial charge is 0.284 e. The van der Waals surface area contributed by atoms with Gasteiger partial charge in [0.05, 0.1) is 35.6 Å². The van der Waals surface area contributed by atoms with Gasteiger partial charge in [-0.3, -0.25) is 14.9 Å². The normalized spacial score (nSPS) is 13.3. The third kappa shape index (κ3) is 5.74. The van der Waals surface area contributed by atoms with Crippen molar-refractivity contribution in [3.63, 3.8) is 0 Å². The molecule has 1 aromatic heterocycles. The van der Waals surface area contributed by atoms with Crippen molar-refractivity contribution in [2.24, 2.45) is 0 Å². The van der Waals surface area contributed by atoms with E-state index in [1.807, 2.05) is 29.2 Å². The zero-order valence-electron chi connectivity index (χ0n) is 20.3. The van der Waals surface area contributed by atoms with Gasteiger partial charge in [-0.1, -0.05) is 26.0 Å². The Morgan fingerprint density at radius 1 is 1.25 bits per heavy atom. The average Bonchev–Trinajstić information content (AvgIpc) is 3.29. The molecular formula is C25H28N6O4S. The van der Waals surface area contributed by atoms with Crippen molar-refractivity contribution in [3.8, 4) is 5.75 Å². The van der Waals surface area contributed by atoms with Crippen LogP contribution in [0.25, 0.3) is 0 Å². The first-order valence-corrected chi connectivity index (χ1v) is 12.3. The number of nitrogens with zero attached hydrogens (tertiary/aromatic N) is 3. The number of methoxy groups -OCH3 is 1. The SMILES string of the molecule is COc1ccc(N)c(NC(=O)c2nc3c(s2)CN(C(=C[N+](=O)[O-])Nc2ccc(C(C)C)cc2)CC3)c1. The van der Waals surface area contributed by atoms with Gasteiger partial charge in [-0.25, -0.2) is 4.98 Å². The molecule has 0 fully saturated rings. The van der Waals surface area contributed by atoms with Crippen molar-refractivity contribution >= 4 is 34.3 Å². The number of nitrogens with two attached hydrogens (primary N) is 1. The Labute approximate surface area is 212 Å². The number of hydrogen-bond donors (Lipinski definition) is 3. The maximum absolute atomic E-state index is 12.9. The van der Waals surface area contributed by atoms with Crippen LogP contribution < -0.4 is 21.1 Å². The van der Waals surface area contributed by atoms with Crippen molar-refractivity contribution in [3.05, 3.63) is 85.7 Å². The fourth-order valence-corrected chi connectivity index (χ4v) is 4.86. The molecule has 0 spiro atoms. The lowest BCUT2D eigenvalue weighted by Gasteiger charge is -2.29. The van der Waals surface area contributed by atoms with E-state index in [0.717, 1.165) is 22.5 Å². The van der Waals surface area contributed by atoms with Gasteiger partial charge in [0.25, 0.3) is 12.1 Å². The number of nitrogens with one attached hydrogen (secondary N) is 2. The van der Waals surface area contributed by atoms with Crippen LogP contribution in [0.4, 0.5) is 17.1 Å². The molecule has 2 heterocycles.